The predicted octanol–water partition coefficient (Wildman–Crippen LogP) is 2.98. The molecule has 22 heavy (non-hydrogen) atoms. The van der Waals surface area contributed by atoms with E-state index < -0.39 is 0 Å². The van der Waals surface area contributed by atoms with Gasteiger partial charge in [-0.1, -0.05) is 24.4 Å². The fourth-order valence-corrected chi connectivity index (χ4v) is 3.57. The van der Waals surface area contributed by atoms with E-state index in [0.717, 1.165) is 25.7 Å². The third kappa shape index (κ3) is 2.50. The van der Waals surface area contributed by atoms with Crippen molar-refractivity contribution in [2.45, 2.75) is 32.6 Å². The maximum Gasteiger partial charge on any atom is 0.237 e. The Balaban J connectivity index is 1.90. The Morgan fingerprint density at radius 3 is 2.27 bits per heavy atom. The van der Waals surface area contributed by atoms with Gasteiger partial charge in [-0.05, 0) is 31.0 Å². The first-order valence-electron chi connectivity index (χ1n) is 7.44. The summed E-state index contributed by atoms with van der Waals surface area (Å²) in [5.74, 6) is -0.852. The van der Waals surface area contributed by atoms with Crippen LogP contribution in [0.2, 0.25) is 5.02 Å². The third-order valence-electron chi connectivity index (χ3n) is 4.36. The van der Waals surface area contributed by atoms with Crippen LogP contribution >= 0.6 is 11.6 Å². The summed E-state index contributed by atoms with van der Waals surface area (Å²) in [4.78, 5) is 37.4. The molecule has 1 aliphatic carbocycles. The zero-order valence-electron chi connectivity index (χ0n) is 12.3. The summed E-state index contributed by atoms with van der Waals surface area (Å²) >= 11 is 6.14. The van der Waals surface area contributed by atoms with Gasteiger partial charge in [0, 0.05) is 6.92 Å². The van der Waals surface area contributed by atoms with E-state index in [9.17, 15) is 14.4 Å². The highest BCUT2D eigenvalue weighted by Gasteiger charge is 2.48. The van der Waals surface area contributed by atoms with Crippen LogP contribution in [0, 0.1) is 11.8 Å². The first kappa shape index (κ1) is 15.0. The van der Waals surface area contributed by atoms with Gasteiger partial charge < -0.3 is 5.32 Å². The molecule has 1 aromatic rings. The van der Waals surface area contributed by atoms with E-state index in [1.807, 2.05) is 0 Å². The smallest absolute Gasteiger partial charge is 0.237 e. The summed E-state index contributed by atoms with van der Waals surface area (Å²) in [6.45, 7) is 1.39. The molecule has 1 aliphatic heterocycles. The van der Waals surface area contributed by atoms with Crippen molar-refractivity contribution in [2.24, 2.45) is 11.8 Å². The number of carbonyl (C=O) groups is 3. The molecule has 1 N–H and O–H groups in total. The van der Waals surface area contributed by atoms with E-state index in [1.54, 1.807) is 18.2 Å². The van der Waals surface area contributed by atoms with Crippen molar-refractivity contribution >= 4 is 40.7 Å². The lowest BCUT2D eigenvalue weighted by Gasteiger charge is -2.19. The van der Waals surface area contributed by atoms with Crippen LogP contribution in [0.5, 0.6) is 0 Å². The van der Waals surface area contributed by atoms with Crippen LogP contribution in [0.1, 0.15) is 32.6 Å². The Bertz CT molecular complexity index is 635. The summed E-state index contributed by atoms with van der Waals surface area (Å²) in [6, 6.07) is 4.81. The predicted molar refractivity (Wildman–Crippen MR) is 83.7 cm³/mol. The Morgan fingerprint density at radius 2 is 1.77 bits per heavy atom. The number of imide groups is 1. The lowest BCUT2D eigenvalue weighted by molar-refractivity contribution is -0.122. The van der Waals surface area contributed by atoms with Crippen LogP contribution in [0.25, 0.3) is 0 Å². The number of anilines is 2. The second-order valence-corrected chi connectivity index (χ2v) is 6.26. The standard InChI is InChI=1S/C16H17ClN2O3/c1-9(20)18-14-7-6-10(8-13(14)17)19-15(21)11-4-2-3-5-12(11)16(19)22/h6-8,11-12H,2-5H2,1H3,(H,18,20)/t11-,12-/m0/s1. The Hall–Kier alpha value is -1.88. The number of halogens is 1. The number of hydrogen-bond donors (Lipinski definition) is 1. The minimum atomic E-state index is -0.228. The zero-order chi connectivity index (χ0) is 15.9. The third-order valence-corrected chi connectivity index (χ3v) is 4.68. The number of fused-ring (bicyclic) bond motifs is 1. The van der Waals surface area contributed by atoms with E-state index in [4.69, 9.17) is 11.6 Å². The molecule has 6 heteroatoms. The molecule has 1 saturated heterocycles. The molecule has 1 heterocycles. The highest BCUT2D eigenvalue weighted by molar-refractivity contribution is 6.34. The second kappa shape index (κ2) is 5.72. The molecule has 0 spiro atoms. The number of hydrogen-bond acceptors (Lipinski definition) is 3. The van der Waals surface area contributed by atoms with Crippen LogP contribution < -0.4 is 10.2 Å². The van der Waals surface area contributed by atoms with E-state index in [0.29, 0.717) is 16.4 Å². The van der Waals surface area contributed by atoms with Crippen molar-refractivity contribution in [2.75, 3.05) is 10.2 Å². The highest BCUT2D eigenvalue weighted by Crippen LogP contribution is 2.41. The van der Waals surface area contributed by atoms with Gasteiger partial charge in [0.25, 0.3) is 0 Å². The van der Waals surface area contributed by atoms with Gasteiger partial charge in [0.15, 0.2) is 0 Å². The normalized spacial score (nSPS) is 24.4. The van der Waals surface area contributed by atoms with Crippen LogP contribution in [-0.4, -0.2) is 17.7 Å². The van der Waals surface area contributed by atoms with Crippen molar-refractivity contribution in [1.29, 1.82) is 0 Å². The number of rotatable bonds is 2. The Labute approximate surface area is 133 Å². The van der Waals surface area contributed by atoms with Crippen molar-refractivity contribution in [3.63, 3.8) is 0 Å². The van der Waals surface area contributed by atoms with Crippen molar-refractivity contribution < 1.29 is 14.4 Å². The second-order valence-electron chi connectivity index (χ2n) is 5.85. The Kier molecular flexibility index (Phi) is 3.91. The molecular formula is C16H17ClN2O3. The number of amides is 3. The maximum atomic E-state index is 12.5. The van der Waals surface area contributed by atoms with Gasteiger partial charge in [0.2, 0.25) is 17.7 Å². The van der Waals surface area contributed by atoms with Gasteiger partial charge >= 0.3 is 0 Å². The van der Waals surface area contributed by atoms with Gasteiger partial charge in [-0.25, -0.2) is 0 Å². The number of benzene rings is 1. The van der Waals surface area contributed by atoms with Gasteiger partial charge in [0.05, 0.1) is 28.2 Å². The number of nitrogens with one attached hydrogen (secondary N) is 1. The molecule has 2 aliphatic rings. The molecule has 2 fully saturated rings. The van der Waals surface area contributed by atoms with Crippen LogP contribution in [-0.2, 0) is 14.4 Å². The minimum absolute atomic E-state index is 0.127. The summed E-state index contributed by atoms with van der Waals surface area (Å²) in [6.07, 6.45) is 3.55. The van der Waals surface area contributed by atoms with E-state index in [2.05, 4.69) is 5.32 Å². The number of carbonyl (C=O) groups excluding carboxylic acids is 3. The summed E-state index contributed by atoms with van der Waals surface area (Å²) in [5.41, 5.74) is 0.943. The lowest BCUT2D eigenvalue weighted by Crippen LogP contribution is -2.30. The van der Waals surface area contributed by atoms with Gasteiger partial charge in [-0.15, -0.1) is 0 Å². The molecule has 0 unspecified atom stereocenters. The molecule has 3 rings (SSSR count). The molecule has 5 nitrogen and oxygen atoms in total. The fourth-order valence-electron chi connectivity index (χ4n) is 3.35. The first-order valence-corrected chi connectivity index (χ1v) is 7.82. The van der Waals surface area contributed by atoms with Crippen LogP contribution in [0.3, 0.4) is 0 Å². The van der Waals surface area contributed by atoms with E-state index in [-0.39, 0.29) is 29.6 Å². The first-order chi connectivity index (χ1) is 10.5. The summed E-state index contributed by atoms with van der Waals surface area (Å²) in [7, 11) is 0. The maximum absolute atomic E-state index is 12.5. The molecule has 3 amide bonds. The molecule has 116 valence electrons. The largest absolute Gasteiger partial charge is 0.325 e. The topological polar surface area (TPSA) is 66.5 Å². The van der Waals surface area contributed by atoms with Gasteiger partial charge in [0.1, 0.15) is 0 Å². The fraction of sp³-hybridized carbons (Fsp3) is 0.438. The van der Waals surface area contributed by atoms with Crippen molar-refractivity contribution in [3.05, 3.63) is 23.2 Å². The molecule has 1 saturated carbocycles. The molecule has 0 radical (unpaired) electrons. The van der Waals surface area contributed by atoms with E-state index >= 15 is 0 Å². The average Bonchev–Trinajstić information content (AvgIpc) is 2.73. The zero-order valence-corrected chi connectivity index (χ0v) is 13.0. The average molecular weight is 321 g/mol. The minimum Gasteiger partial charge on any atom is -0.325 e. The highest BCUT2D eigenvalue weighted by atomic mass is 35.5. The number of nitrogens with zero attached hydrogens (tertiary/aromatic N) is 1. The molecular weight excluding hydrogens is 304 g/mol. The molecule has 0 bridgehead atoms. The monoisotopic (exact) mass is 320 g/mol. The summed E-state index contributed by atoms with van der Waals surface area (Å²) < 4.78 is 0. The van der Waals surface area contributed by atoms with Crippen LogP contribution in [0.15, 0.2) is 18.2 Å². The van der Waals surface area contributed by atoms with Crippen molar-refractivity contribution in [1.82, 2.24) is 0 Å². The van der Waals surface area contributed by atoms with E-state index in [1.165, 1.54) is 11.8 Å². The Morgan fingerprint density at radius 1 is 1.18 bits per heavy atom. The molecule has 2 atom stereocenters. The van der Waals surface area contributed by atoms with Crippen LogP contribution in [0.4, 0.5) is 11.4 Å². The summed E-state index contributed by atoms with van der Waals surface area (Å²) in [5, 5.41) is 2.91. The van der Waals surface area contributed by atoms with Crippen molar-refractivity contribution in [3.8, 4) is 0 Å². The van der Waals surface area contributed by atoms with Gasteiger partial charge in [-0.2, -0.15) is 0 Å². The lowest BCUT2D eigenvalue weighted by atomic mass is 9.81. The molecule has 1 aromatic carbocycles. The SMILES string of the molecule is CC(=O)Nc1ccc(N2C(=O)[C@H]3CCCC[C@@H]3C2=O)cc1Cl. The molecule has 0 aromatic heterocycles. The quantitative estimate of drug-likeness (QED) is 0.852. The van der Waals surface area contributed by atoms with Gasteiger partial charge in [-0.3, -0.25) is 19.3 Å².